The van der Waals surface area contributed by atoms with Gasteiger partial charge in [0.15, 0.2) is 0 Å². The van der Waals surface area contributed by atoms with Gasteiger partial charge in [-0.15, -0.1) is 0 Å². The second-order valence-corrected chi connectivity index (χ2v) is 1.49. The van der Waals surface area contributed by atoms with E-state index in [1.54, 1.807) is 0 Å². The van der Waals surface area contributed by atoms with Crippen molar-refractivity contribution in [3.8, 4) is 0 Å². The Morgan fingerprint density at radius 2 is 1.67 bits per heavy atom. The van der Waals surface area contributed by atoms with Crippen LogP contribution in [-0.2, 0) is 9.59 Å². The summed E-state index contributed by atoms with van der Waals surface area (Å²) < 4.78 is 0. The SMILES string of the molecule is CN(C)C(=O)C(=O)[O-].[K+]. The van der Waals surface area contributed by atoms with E-state index in [9.17, 15) is 14.7 Å². The number of rotatable bonds is 0. The smallest absolute Gasteiger partial charge is 0.540 e. The Hall–Kier alpha value is 0.576. The maximum Gasteiger partial charge on any atom is 1.00 e. The molecule has 0 aromatic rings. The number of carbonyl (C=O) groups excluding carboxylic acids is 2. The fourth-order valence-electron chi connectivity index (χ4n) is 0.183. The summed E-state index contributed by atoms with van der Waals surface area (Å²) in [6, 6.07) is 0. The van der Waals surface area contributed by atoms with E-state index in [2.05, 4.69) is 0 Å². The molecule has 0 aromatic carbocycles. The van der Waals surface area contributed by atoms with Gasteiger partial charge in [-0.05, 0) is 0 Å². The first-order valence-corrected chi connectivity index (χ1v) is 1.98. The van der Waals surface area contributed by atoms with Gasteiger partial charge in [-0.1, -0.05) is 0 Å². The van der Waals surface area contributed by atoms with Gasteiger partial charge in [0, 0.05) is 14.1 Å². The summed E-state index contributed by atoms with van der Waals surface area (Å²) in [5, 5.41) is 9.64. The summed E-state index contributed by atoms with van der Waals surface area (Å²) in [5.74, 6) is -2.68. The summed E-state index contributed by atoms with van der Waals surface area (Å²) in [4.78, 5) is 20.7. The third-order valence-corrected chi connectivity index (χ3v) is 0.581. The van der Waals surface area contributed by atoms with Crippen LogP contribution in [-0.4, -0.2) is 30.9 Å². The van der Waals surface area contributed by atoms with Crippen LogP contribution in [0.3, 0.4) is 0 Å². The van der Waals surface area contributed by atoms with Gasteiger partial charge in [0.25, 0.3) is 5.91 Å². The van der Waals surface area contributed by atoms with Crippen molar-refractivity contribution in [1.29, 1.82) is 0 Å². The van der Waals surface area contributed by atoms with Crippen molar-refractivity contribution in [3.63, 3.8) is 0 Å². The van der Waals surface area contributed by atoms with Crippen LogP contribution in [0.2, 0.25) is 0 Å². The van der Waals surface area contributed by atoms with E-state index in [1.165, 1.54) is 14.1 Å². The molecule has 0 radical (unpaired) electrons. The standard InChI is InChI=1S/C4H7NO3.K/c1-5(2)3(6)4(7)8;/h1-2H3,(H,7,8);/q;+1/p-1. The van der Waals surface area contributed by atoms with Gasteiger partial charge in [-0.2, -0.15) is 0 Å². The number of nitrogens with zero attached hydrogens (tertiary/aromatic N) is 1. The molecular weight excluding hydrogens is 149 g/mol. The van der Waals surface area contributed by atoms with E-state index < -0.39 is 11.9 Å². The molecule has 0 aliphatic heterocycles. The van der Waals surface area contributed by atoms with Crippen molar-refractivity contribution in [1.82, 2.24) is 4.90 Å². The Kier molecular flexibility index (Phi) is 7.32. The molecule has 0 fully saturated rings. The fourth-order valence-corrected chi connectivity index (χ4v) is 0.183. The Morgan fingerprint density at radius 3 is 1.67 bits per heavy atom. The van der Waals surface area contributed by atoms with E-state index in [4.69, 9.17) is 0 Å². The summed E-state index contributed by atoms with van der Waals surface area (Å²) in [6.45, 7) is 0. The topological polar surface area (TPSA) is 60.4 Å². The summed E-state index contributed by atoms with van der Waals surface area (Å²) in [6.07, 6.45) is 0. The van der Waals surface area contributed by atoms with Gasteiger partial charge >= 0.3 is 51.4 Å². The molecule has 0 aliphatic carbocycles. The summed E-state index contributed by atoms with van der Waals surface area (Å²) in [7, 11) is 2.69. The van der Waals surface area contributed by atoms with Crippen LogP contribution in [0.5, 0.6) is 0 Å². The third-order valence-electron chi connectivity index (χ3n) is 0.581. The minimum atomic E-state index is -1.67. The van der Waals surface area contributed by atoms with Crippen molar-refractivity contribution in [2.75, 3.05) is 14.1 Å². The Labute approximate surface area is 95.6 Å². The van der Waals surface area contributed by atoms with E-state index in [1.807, 2.05) is 0 Å². The second-order valence-electron chi connectivity index (χ2n) is 1.49. The Bertz CT molecular complexity index is 123. The molecular formula is C4H6KNO3. The van der Waals surface area contributed by atoms with Crippen molar-refractivity contribution in [2.24, 2.45) is 0 Å². The zero-order chi connectivity index (χ0) is 6.73. The molecule has 0 saturated heterocycles. The number of carboxylic acid groups (broad SMARTS) is 1. The Balaban J connectivity index is 0. The van der Waals surface area contributed by atoms with Crippen molar-refractivity contribution < 1.29 is 66.1 Å². The molecule has 0 rings (SSSR count). The second kappa shape index (κ2) is 5.37. The minimum absolute atomic E-state index is 0. The molecule has 46 valence electrons. The molecule has 0 N–H and O–H groups in total. The zero-order valence-electron chi connectivity index (χ0n) is 5.67. The molecule has 0 saturated carbocycles. The van der Waals surface area contributed by atoms with Crippen molar-refractivity contribution >= 4 is 11.9 Å². The van der Waals surface area contributed by atoms with E-state index >= 15 is 0 Å². The van der Waals surface area contributed by atoms with Crippen LogP contribution in [0, 0.1) is 0 Å². The first-order valence-electron chi connectivity index (χ1n) is 1.98. The molecule has 5 heteroatoms. The largest absolute Gasteiger partial charge is 1.00 e. The average molecular weight is 155 g/mol. The van der Waals surface area contributed by atoms with Crippen molar-refractivity contribution in [2.45, 2.75) is 0 Å². The first-order chi connectivity index (χ1) is 3.55. The normalized spacial score (nSPS) is 7.33. The van der Waals surface area contributed by atoms with Crippen LogP contribution in [0.4, 0.5) is 0 Å². The molecule has 0 spiro atoms. The molecule has 0 aliphatic rings. The molecule has 0 unspecified atom stereocenters. The predicted molar refractivity (Wildman–Crippen MR) is 23.7 cm³/mol. The molecule has 1 amide bonds. The predicted octanol–water partition coefficient (Wildman–Crippen LogP) is -5.17. The van der Waals surface area contributed by atoms with Crippen LogP contribution in [0.25, 0.3) is 0 Å². The summed E-state index contributed by atoms with van der Waals surface area (Å²) in [5.41, 5.74) is 0. The van der Waals surface area contributed by atoms with Crippen LogP contribution < -0.4 is 56.5 Å². The fraction of sp³-hybridized carbons (Fsp3) is 0.500. The molecule has 0 aromatic heterocycles. The molecule has 0 heterocycles. The van der Waals surface area contributed by atoms with Gasteiger partial charge in [0.2, 0.25) is 0 Å². The van der Waals surface area contributed by atoms with E-state index in [-0.39, 0.29) is 51.4 Å². The number of carbonyl (C=O) groups is 2. The molecule has 0 bridgehead atoms. The number of likely N-dealkylation sites (N-methyl/N-ethyl adjacent to an activating group) is 1. The van der Waals surface area contributed by atoms with Gasteiger partial charge in [0.1, 0.15) is 5.97 Å². The van der Waals surface area contributed by atoms with E-state index in [0.29, 0.717) is 0 Å². The zero-order valence-corrected chi connectivity index (χ0v) is 8.80. The number of hydrogen-bond donors (Lipinski definition) is 0. The first kappa shape index (κ1) is 12.3. The Morgan fingerprint density at radius 1 is 1.33 bits per heavy atom. The maximum absolute atomic E-state index is 10.1. The van der Waals surface area contributed by atoms with Crippen LogP contribution in [0.15, 0.2) is 0 Å². The van der Waals surface area contributed by atoms with Crippen LogP contribution >= 0.6 is 0 Å². The van der Waals surface area contributed by atoms with Gasteiger partial charge in [-0.25, -0.2) is 0 Å². The average Bonchev–Trinajstić information content (AvgIpc) is 1.64. The molecule has 9 heavy (non-hydrogen) atoms. The molecule has 0 atom stereocenters. The van der Waals surface area contributed by atoms with Gasteiger partial charge in [0.05, 0.1) is 0 Å². The number of aliphatic carboxylic acids is 1. The minimum Gasteiger partial charge on any atom is -0.540 e. The third kappa shape index (κ3) is 5.04. The van der Waals surface area contributed by atoms with Crippen molar-refractivity contribution in [3.05, 3.63) is 0 Å². The number of amides is 1. The number of carboxylic acids is 1. The molecule has 4 nitrogen and oxygen atoms in total. The maximum atomic E-state index is 10.1. The number of hydrogen-bond acceptors (Lipinski definition) is 3. The monoisotopic (exact) mass is 155 g/mol. The summed E-state index contributed by atoms with van der Waals surface area (Å²) >= 11 is 0. The van der Waals surface area contributed by atoms with Crippen LogP contribution in [0.1, 0.15) is 0 Å². The quantitative estimate of drug-likeness (QED) is 0.259. The van der Waals surface area contributed by atoms with Gasteiger partial charge < -0.3 is 14.8 Å². The van der Waals surface area contributed by atoms with Gasteiger partial charge in [-0.3, -0.25) is 4.79 Å². The van der Waals surface area contributed by atoms with E-state index in [0.717, 1.165) is 4.90 Å².